The van der Waals surface area contributed by atoms with Gasteiger partial charge in [0.05, 0.1) is 38.6 Å². The van der Waals surface area contributed by atoms with E-state index in [1.54, 1.807) is 12.1 Å². The first-order valence-electron chi connectivity index (χ1n) is 9.92. The molecule has 8 nitrogen and oxygen atoms in total. The fourth-order valence-electron chi connectivity index (χ4n) is 3.88. The van der Waals surface area contributed by atoms with E-state index in [1.165, 1.54) is 12.7 Å². The van der Waals surface area contributed by atoms with Crippen LogP contribution >= 0.6 is 0 Å². The second-order valence-electron chi connectivity index (χ2n) is 7.28. The molecule has 0 N–H and O–H groups in total. The molecule has 8 heteroatoms. The summed E-state index contributed by atoms with van der Waals surface area (Å²) in [5.74, 6) is 0.201. The molecule has 1 fully saturated rings. The van der Waals surface area contributed by atoms with Gasteiger partial charge in [0.1, 0.15) is 0 Å². The van der Waals surface area contributed by atoms with E-state index in [1.807, 2.05) is 41.6 Å². The number of aryl methyl sites for hydroxylation is 1. The molecule has 1 atom stereocenters. The summed E-state index contributed by atoms with van der Waals surface area (Å²) < 4.78 is 12.8. The zero-order valence-electron chi connectivity index (χ0n) is 17.4. The predicted molar refractivity (Wildman–Crippen MR) is 110 cm³/mol. The summed E-state index contributed by atoms with van der Waals surface area (Å²) in [7, 11) is 1.52. The van der Waals surface area contributed by atoms with E-state index in [0.29, 0.717) is 32.2 Å². The average molecular weight is 407 g/mol. The lowest BCUT2D eigenvalue weighted by Gasteiger charge is -2.35. The second kappa shape index (κ2) is 8.62. The Balaban J connectivity index is 1.63. The number of hydrogen-bond acceptors (Lipinski definition) is 6. The van der Waals surface area contributed by atoms with E-state index in [9.17, 15) is 4.79 Å². The number of morpholine rings is 1. The van der Waals surface area contributed by atoms with Crippen molar-refractivity contribution in [1.82, 2.24) is 24.9 Å². The van der Waals surface area contributed by atoms with Gasteiger partial charge in [-0.15, -0.1) is 10.2 Å². The van der Waals surface area contributed by atoms with Gasteiger partial charge in [0, 0.05) is 23.9 Å². The normalized spacial score (nSPS) is 16.5. The zero-order valence-corrected chi connectivity index (χ0v) is 17.4. The van der Waals surface area contributed by atoms with Gasteiger partial charge in [0.2, 0.25) is 5.88 Å². The number of methoxy groups -OCH3 is 1. The molecular weight excluding hydrogens is 382 g/mol. The number of aromatic nitrogens is 4. The van der Waals surface area contributed by atoms with Crippen molar-refractivity contribution in [3.8, 4) is 5.88 Å². The Morgan fingerprint density at radius 2 is 1.97 bits per heavy atom. The molecule has 1 amide bonds. The van der Waals surface area contributed by atoms with Crippen molar-refractivity contribution in [3.63, 3.8) is 0 Å². The maximum Gasteiger partial charge on any atom is 0.275 e. The SMILES string of the molecule is COc1ccc(C(=O)N2CCOCC2c2c(C)nn(Cc3ccccc3)c2C)nn1. The summed E-state index contributed by atoms with van der Waals surface area (Å²) in [4.78, 5) is 15.0. The lowest BCUT2D eigenvalue weighted by molar-refractivity contribution is -0.00343. The third-order valence-electron chi connectivity index (χ3n) is 5.40. The lowest BCUT2D eigenvalue weighted by atomic mass is 10.0. The largest absolute Gasteiger partial charge is 0.480 e. The molecule has 0 bridgehead atoms. The minimum atomic E-state index is -0.223. The van der Waals surface area contributed by atoms with Crippen LogP contribution in [0.2, 0.25) is 0 Å². The molecule has 1 aromatic carbocycles. The maximum absolute atomic E-state index is 13.2. The van der Waals surface area contributed by atoms with Crippen molar-refractivity contribution in [2.75, 3.05) is 26.9 Å². The fourth-order valence-corrected chi connectivity index (χ4v) is 3.88. The molecule has 0 aliphatic carbocycles. The van der Waals surface area contributed by atoms with Gasteiger partial charge >= 0.3 is 0 Å². The van der Waals surface area contributed by atoms with E-state index in [0.717, 1.165) is 17.0 Å². The summed E-state index contributed by atoms with van der Waals surface area (Å²) in [5, 5.41) is 12.7. The quantitative estimate of drug-likeness (QED) is 0.647. The molecular formula is C22H25N5O3. The molecule has 4 rings (SSSR count). The molecule has 156 valence electrons. The molecule has 0 spiro atoms. The Bertz CT molecular complexity index is 1020. The van der Waals surface area contributed by atoms with Gasteiger partial charge in [-0.2, -0.15) is 5.10 Å². The molecule has 2 aromatic heterocycles. The molecule has 0 saturated carbocycles. The van der Waals surface area contributed by atoms with E-state index in [-0.39, 0.29) is 17.6 Å². The summed E-state index contributed by atoms with van der Waals surface area (Å²) in [6.45, 7) is 6.10. The molecule has 0 radical (unpaired) electrons. The Hall–Kier alpha value is -3.26. The highest BCUT2D eigenvalue weighted by Crippen LogP contribution is 2.31. The predicted octanol–water partition coefficient (Wildman–Crippen LogP) is 2.56. The Labute approximate surface area is 175 Å². The molecule has 3 heterocycles. The van der Waals surface area contributed by atoms with E-state index in [4.69, 9.17) is 14.6 Å². The van der Waals surface area contributed by atoms with Gasteiger partial charge in [-0.3, -0.25) is 9.48 Å². The van der Waals surface area contributed by atoms with Gasteiger partial charge in [-0.1, -0.05) is 30.3 Å². The number of amides is 1. The van der Waals surface area contributed by atoms with Crippen LogP contribution in [0.1, 0.15) is 39.0 Å². The van der Waals surface area contributed by atoms with E-state index < -0.39 is 0 Å². The van der Waals surface area contributed by atoms with Crippen LogP contribution in [0.4, 0.5) is 0 Å². The van der Waals surface area contributed by atoms with E-state index in [2.05, 4.69) is 22.3 Å². The number of carbonyl (C=O) groups excluding carboxylic acids is 1. The zero-order chi connectivity index (χ0) is 21.1. The summed E-state index contributed by atoms with van der Waals surface area (Å²) >= 11 is 0. The monoisotopic (exact) mass is 407 g/mol. The molecule has 1 unspecified atom stereocenters. The lowest BCUT2D eigenvalue weighted by Crippen LogP contribution is -2.44. The summed E-state index contributed by atoms with van der Waals surface area (Å²) in [6.07, 6.45) is 0. The Kier molecular flexibility index (Phi) is 5.76. The van der Waals surface area contributed by atoms with Crippen LogP contribution in [-0.4, -0.2) is 57.7 Å². The average Bonchev–Trinajstić information content (AvgIpc) is 3.06. The first-order valence-corrected chi connectivity index (χ1v) is 9.92. The first kappa shape index (κ1) is 20.0. The van der Waals surface area contributed by atoms with Crippen molar-refractivity contribution in [3.05, 3.63) is 70.7 Å². The van der Waals surface area contributed by atoms with Crippen molar-refractivity contribution in [2.24, 2.45) is 0 Å². The van der Waals surface area contributed by atoms with Crippen LogP contribution in [0.5, 0.6) is 5.88 Å². The van der Waals surface area contributed by atoms with Crippen molar-refractivity contribution >= 4 is 5.91 Å². The third-order valence-corrected chi connectivity index (χ3v) is 5.40. The van der Waals surface area contributed by atoms with Crippen molar-refractivity contribution in [1.29, 1.82) is 0 Å². The molecule has 1 aliphatic heterocycles. The highest BCUT2D eigenvalue weighted by atomic mass is 16.5. The number of nitrogens with zero attached hydrogens (tertiary/aromatic N) is 5. The second-order valence-corrected chi connectivity index (χ2v) is 7.28. The van der Waals surface area contributed by atoms with Crippen LogP contribution in [0.25, 0.3) is 0 Å². The number of benzene rings is 1. The topological polar surface area (TPSA) is 82.4 Å². The van der Waals surface area contributed by atoms with Gasteiger partial charge < -0.3 is 14.4 Å². The van der Waals surface area contributed by atoms with Gasteiger partial charge in [0.25, 0.3) is 5.91 Å². The molecule has 1 saturated heterocycles. The van der Waals surface area contributed by atoms with Crippen LogP contribution in [0.3, 0.4) is 0 Å². The summed E-state index contributed by atoms with van der Waals surface area (Å²) in [6, 6.07) is 13.3. The third kappa shape index (κ3) is 3.91. The van der Waals surface area contributed by atoms with Crippen LogP contribution in [0, 0.1) is 13.8 Å². The van der Waals surface area contributed by atoms with Crippen LogP contribution in [-0.2, 0) is 11.3 Å². The number of hydrogen-bond donors (Lipinski definition) is 0. The Morgan fingerprint density at radius 3 is 2.67 bits per heavy atom. The standard InChI is InChI=1S/C22H25N5O3/c1-15-21(16(2)27(25-15)13-17-7-5-4-6-8-17)19-14-30-12-11-26(19)22(28)18-9-10-20(29-3)24-23-18/h4-10,19H,11-14H2,1-3H3. The molecule has 3 aromatic rings. The number of rotatable bonds is 5. The smallest absolute Gasteiger partial charge is 0.275 e. The van der Waals surface area contributed by atoms with Gasteiger partial charge in [-0.05, 0) is 25.5 Å². The first-order chi connectivity index (χ1) is 14.6. The molecule has 1 aliphatic rings. The fraction of sp³-hybridized carbons (Fsp3) is 0.364. The van der Waals surface area contributed by atoms with Crippen molar-refractivity contribution < 1.29 is 14.3 Å². The number of ether oxygens (including phenoxy) is 2. The highest BCUT2D eigenvalue weighted by Gasteiger charge is 2.34. The Morgan fingerprint density at radius 1 is 1.17 bits per heavy atom. The van der Waals surface area contributed by atoms with E-state index >= 15 is 0 Å². The minimum Gasteiger partial charge on any atom is -0.480 e. The maximum atomic E-state index is 13.2. The minimum absolute atomic E-state index is 0.173. The van der Waals surface area contributed by atoms with Gasteiger partial charge in [0.15, 0.2) is 5.69 Å². The highest BCUT2D eigenvalue weighted by molar-refractivity contribution is 5.92. The summed E-state index contributed by atoms with van der Waals surface area (Å²) in [5.41, 5.74) is 4.43. The van der Waals surface area contributed by atoms with Crippen LogP contribution in [0.15, 0.2) is 42.5 Å². The molecule has 30 heavy (non-hydrogen) atoms. The van der Waals surface area contributed by atoms with Crippen molar-refractivity contribution in [2.45, 2.75) is 26.4 Å². The van der Waals surface area contributed by atoms with Gasteiger partial charge in [-0.25, -0.2) is 0 Å². The van der Waals surface area contributed by atoms with Crippen LogP contribution < -0.4 is 4.74 Å². The number of carbonyl (C=O) groups is 1.